The third-order valence-electron chi connectivity index (χ3n) is 4.80. The number of sulfone groups is 1. The summed E-state index contributed by atoms with van der Waals surface area (Å²) in [4.78, 5) is 13.2. The number of amides is 1. The number of ether oxygens (including phenoxy) is 1. The first-order chi connectivity index (χ1) is 13.0. The van der Waals surface area contributed by atoms with Gasteiger partial charge < -0.3 is 14.5 Å². The second-order valence-corrected chi connectivity index (χ2v) is 8.59. The van der Waals surface area contributed by atoms with Crippen molar-refractivity contribution in [2.24, 2.45) is 0 Å². The lowest BCUT2D eigenvalue weighted by molar-refractivity contribution is 0.0902. The first-order valence-electron chi connectivity index (χ1n) is 8.63. The molecule has 2 heterocycles. The monoisotopic (exact) mass is 385 g/mol. The summed E-state index contributed by atoms with van der Waals surface area (Å²) < 4.78 is 35.6. The molecule has 4 rings (SSSR count). The highest BCUT2D eigenvalue weighted by atomic mass is 32.2. The van der Waals surface area contributed by atoms with Gasteiger partial charge in [-0.2, -0.15) is 0 Å². The maximum Gasteiger partial charge on any atom is 0.287 e. The van der Waals surface area contributed by atoms with E-state index in [1.807, 2.05) is 18.2 Å². The minimum atomic E-state index is -3.31. The van der Waals surface area contributed by atoms with Crippen molar-refractivity contribution in [3.8, 4) is 0 Å². The molecule has 0 radical (unpaired) electrons. The molecule has 0 spiro atoms. The van der Waals surface area contributed by atoms with E-state index in [0.717, 1.165) is 5.39 Å². The number of carbonyl (C=O) groups excluding carboxylic acids is 1. The fraction of sp³-hybridized carbons (Fsp3) is 0.250. The third kappa shape index (κ3) is 3.13. The van der Waals surface area contributed by atoms with Crippen molar-refractivity contribution in [3.05, 3.63) is 65.4 Å². The number of rotatable bonds is 4. The lowest BCUT2D eigenvalue weighted by Crippen LogP contribution is -2.34. The molecule has 140 valence electrons. The van der Waals surface area contributed by atoms with Crippen LogP contribution in [0.3, 0.4) is 0 Å². The van der Waals surface area contributed by atoms with Crippen LogP contribution in [0.2, 0.25) is 0 Å². The standard InChI is InChI=1S/C20H19NO5S/c1-25-12-15-13-6-2-4-8-17(13)26-19(15)20(22)21-16-10-11-27(23,24)18-9-5-3-7-14(16)18/h2-9,16H,10-12H2,1H3,(H,21,22). The molecule has 1 aromatic heterocycles. The highest BCUT2D eigenvalue weighted by Gasteiger charge is 2.32. The van der Waals surface area contributed by atoms with Gasteiger partial charge in [-0.05, 0) is 24.1 Å². The molecule has 27 heavy (non-hydrogen) atoms. The molecule has 1 unspecified atom stereocenters. The maximum atomic E-state index is 12.9. The van der Waals surface area contributed by atoms with Gasteiger partial charge in [0, 0.05) is 18.1 Å². The van der Waals surface area contributed by atoms with E-state index in [1.165, 1.54) is 0 Å². The van der Waals surface area contributed by atoms with Gasteiger partial charge in [0.2, 0.25) is 0 Å². The van der Waals surface area contributed by atoms with Gasteiger partial charge in [-0.15, -0.1) is 0 Å². The van der Waals surface area contributed by atoms with Crippen molar-refractivity contribution in [3.63, 3.8) is 0 Å². The first kappa shape index (κ1) is 17.8. The largest absolute Gasteiger partial charge is 0.451 e. The Labute approximate surface area is 157 Å². The van der Waals surface area contributed by atoms with Gasteiger partial charge in [0.15, 0.2) is 15.6 Å². The molecule has 0 aliphatic carbocycles. The quantitative estimate of drug-likeness (QED) is 0.745. The Hall–Kier alpha value is -2.64. The summed E-state index contributed by atoms with van der Waals surface area (Å²) in [6, 6.07) is 13.8. The average molecular weight is 385 g/mol. The Morgan fingerprint density at radius 3 is 2.74 bits per heavy atom. The SMILES string of the molecule is COCc1c(C(=O)NC2CCS(=O)(=O)c3ccccc32)oc2ccccc12. The molecule has 1 atom stereocenters. The number of nitrogens with one attached hydrogen (secondary N) is 1. The van der Waals surface area contributed by atoms with Crippen molar-refractivity contribution >= 4 is 26.7 Å². The van der Waals surface area contributed by atoms with Crippen molar-refractivity contribution in [1.82, 2.24) is 5.32 Å². The zero-order valence-corrected chi connectivity index (χ0v) is 15.6. The molecule has 2 aromatic carbocycles. The summed E-state index contributed by atoms with van der Waals surface area (Å²) in [5.41, 5.74) is 1.91. The summed E-state index contributed by atoms with van der Waals surface area (Å²) in [5.74, 6) is -0.179. The van der Waals surface area contributed by atoms with Gasteiger partial charge in [0.25, 0.3) is 5.91 Å². The van der Waals surface area contributed by atoms with E-state index in [9.17, 15) is 13.2 Å². The van der Waals surface area contributed by atoms with E-state index in [1.54, 1.807) is 37.4 Å². The zero-order valence-electron chi connectivity index (χ0n) is 14.8. The molecule has 7 heteroatoms. The summed E-state index contributed by atoms with van der Waals surface area (Å²) >= 11 is 0. The minimum absolute atomic E-state index is 0.0000184. The fourth-order valence-electron chi connectivity index (χ4n) is 3.53. The van der Waals surface area contributed by atoms with Crippen LogP contribution in [0.25, 0.3) is 11.0 Å². The van der Waals surface area contributed by atoms with Crippen molar-refractivity contribution in [2.75, 3.05) is 12.9 Å². The summed E-state index contributed by atoms with van der Waals surface area (Å²) in [6.07, 6.45) is 0.324. The van der Waals surface area contributed by atoms with E-state index >= 15 is 0 Å². The first-order valence-corrected chi connectivity index (χ1v) is 10.3. The maximum absolute atomic E-state index is 12.9. The molecule has 1 amide bonds. The minimum Gasteiger partial charge on any atom is -0.451 e. The Bertz CT molecular complexity index is 1120. The Morgan fingerprint density at radius 2 is 1.93 bits per heavy atom. The molecule has 0 saturated carbocycles. The summed E-state index contributed by atoms with van der Waals surface area (Å²) in [6.45, 7) is 0.245. The summed E-state index contributed by atoms with van der Waals surface area (Å²) in [5, 5.41) is 3.77. The van der Waals surface area contributed by atoms with Gasteiger partial charge in [-0.3, -0.25) is 4.79 Å². The highest BCUT2D eigenvalue weighted by Crippen LogP contribution is 2.33. The van der Waals surface area contributed by atoms with E-state index < -0.39 is 9.84 Å². The second-order valence-electron chi connectivity index (χ2n) is 6.51. The fourth-order valence-corrected chi connectivity index (χ4v) is 5.15. The number of hydrogen-bond acceptors (Lipinski definition) is 5. The number of carbonyl (C=O) groups is 1. The molecule has 0 bridgehead atoms. The topological polar surface area (TPSA) is 85.6 Å². The van der Waals surface area contributed by atoms with Crippen molar-refractivity contribution in [1.29, 1.82) is 0 Å². The number of hydrogen-bond donors (Lipinski definition) is 1. The predicted octanol–water partition coefficient (Wildman–Crippen LogP) is 3.23. The molecular formula is C20H19NO5S. The molecule has 1 aliphatic heterocycles. The smallest absolute Gasteiger partial charge is 0.287 e. The lowest BCUT2D eigenvalue weighted by Gasteiger charge is -2.26. The van der Waals surface area contributed by atoms with Crippen LogP contribution in [0.15, 0.2) is 57.8 Å². The van der Waals surface area contributed by atoms with Gasteiger partial charge in [-0.25, -0.2) is 8.42 Å². The summed E-state index contributed by atoms with van der Waals surface area (Å²) in [7, 11) is -1.75. The molecule has 6 nitrogen and oxygen atoms in total. The van der Waals surface area contributed by atoms with Crippen LogP contribution in [0.1, 0.15) is 34.1 Å². The highest BCUT2D eigenvalue weighted by molar-refractivity contribution is 7.91. The van der Waals surface area contributed by atoms with Gasteiger partial charge in [0.1, 0.15) is 5.58 Å². The van der Waals surface area contributed by atoms with Crippen LogP contribution in [0.4, 0.5) is 0 Å². The number of fused-ring (bicyclic) bond motifs is 2. The van der Waals surface area contributed by atoms with Gasteiger partial charge in [0.05, 0.1) is 23.3 Å². The van der Waals surface area contributed by atoms with Gasteiger partial charge in [-0.1, -0.05) is 36.4 Å². The molecule has 1 aliphatic rings. The number of para-hydroxylation sites is 1. The Balaban J connectivity index is 1.69. The number of benzene rings is 2. The number of furan rings is 1. The van der Waals surface area contributed by atoms with E-state index in [2.05, 4.69) is 5.32 Å². The molecule has 1 N–H and O–H groups in total. The number of methoxy groups -OCH3 is 1. The van der Waals surface area contributed by atoms with Crippen LogP contribution >= 0.6 is 0 Å². The van der Waals surface area contributed by atoms with Crippen LogP contribution in [-0.4, -0.2) is 27.2 Å². The normalized spacial score (nSPS) is 18.2. The second kappa shape index (κ2) is 6.83. The van der Waals surface area contributed by atoms with Crippen molar-refractivity contribution < 1.29 is 22.4 Å². The zero-order chi connectivity index (χ0) is 19.0. The van der Waals surface area contributed by atoms with E-state index in [-0.39, 0.29) is 35.0 Å². The molecule has 0 saturated heterocycles. The molecule has 3 aromatic rings. The van der Waals surface area contributed by atoms with E-state index in [0.29, 0.717) is 23.1 Å². The van der Waals surface area contributed by atoms with Crippen molar-refractivity contribution in [2.45, 2.75) is 24.0 Å². The van der Waals surface area contributed by atoms with Crippen LogP contribution in [-0.2, 0) is 21.2 Å². The van der Waals surface area contributed by atoms with E-state index in [4.69, 9.17) is 9.15 Å². The Kier molecular flexibility index (Phi) is 4.49. The predicted molar refractivity (Wildman–Crippen MR) is 100 cm³/mol. The van der Waals surface area contributed by atoms with Gasteiger partial charge >= 0.3 is 0 Å². The Morgan fingerprint density at radius 1 is 1.19 bits per heavy atom. The third-order valence-corrected chi connectivity index (χ3v) is 6.62. The van der Waals surface area contributed by atoms with Crippen LogP contribution < -0.4 is 5.32 Å². The average Bonchev–Trinajstić information content (AvgIpc) is 3.04. The van der Waals surface area contributed by atoms with Crippen LogP contribution in [0, 0.1) is 0 Å². The lowest BCUT2D eigenvalue weighted by atomic mass is 10.0. The molecular weight excluding hydrogens is 366 g/mol. The molecule has 0 fully saturated rings. The van der Waals surface area contributed by atoms with Crippen LogP contribution in [0.5, 0.6) is 0 Å².